The molecule has 94 valence electrons. The summed E-state index contributed by atoms with van der Waals surface area (Å²) in [6.07, 6.45) is 5.75. The average molecular weight is 242 g/mol. The van der Waals surface area contributed by atoms with Crippen LogP contribution in [0, 0.1) is 5.92 Å². The molecule has 2 rings (SSSR count). The van der Waals surface area contributed by atoms with Gasteiger partial charge in [-0.05, 0) is 29.7 Å². The number of aromatic nitrogens is 3. The van der Waals surface area contributed by atoms with Gasteiger partial charge < -0.3 is 10.3 Å². The molecule has 1 heterocycles. The minimum absolute atomic E-state index is 0.574. The fraction of sp³-hybridized carbons (Fsp3) is 0.286. The number of nitrogens with zero attached hydrogens (tertiary/aromatic N) is 3. The lowest BCUT2D eigenvalue weighted by molar-refractivity contribution is 0.519. The smallest absolute Gasteiger partial charge is 0.156 e. The zero-order chi connectivity index (χ0) is 13.0. The number of anilines is 1. The molecule has 0 atom stereocenters. The van der Waals surface area contributed by atoms with Crippen LogP contribution in [0.1, 0.15) is 25.2 Å². The summed E-state index contributed by atoms with van der Waals surface area (Å²) in [7, 11) is 0. The molecule has 0 radical (unpaired) electrons. The molecule has 0 aliphatic rings. The summed E-state index contributed by atoms with van der Waals surface area (Å²) in [5, 5.41) is 8.05. The highest BCUT2D eigenvalue weighted by atomic mass is 15.3. The van der Waals surface area contributed by atoms with Crippen LogP contribution in [0.4, 0.5) is 5.69 Å². The van der Waals surface area contributed by atoms with Crippen LogP contribution in [0.2, 0.25) is 0 Å². The van der Waals surface area contributed by atoms with Gasteiger partial charge in [0, 0.05) is 12.2 Å². The van der Waals surface area contributed by atoms with E-state index in [4.69, 9.17) is 5.73 Å². The van der Waals surface area contributed by atoms with E-state index in [2.05, 4.69) is 28.6 Å². The van der Waals surface area contributed by atoms with Crippen LogP contribution in [-0.2, 0) is 6.54 Å². The first-order chi connectivity index (χ1) is 8.65. The van der Waals surface area contributed by atoms with Crippen molar-refractivity contribution >= 4 is 17.8 Å². The maximum atomic E-state index is 5.65. The predicted molar refractivity (Wildman–Crippen MR) is 74.6 cm³/mol. The predicted octanol–water partition coefficient (Wildman–Crippen LogP) is 2.69. The molecule has 1 aromatic carbocycles. The molecular weight excluding hydrogens is 224 g/mol. The van der Waals surface area contributed by atoms with Gasteiger partial charge >= 0.3 is 0 Å². The molecule has 4 heteroatoms. The third-order valence-electron chi connectivity index (χ3n) is 2.57. The summed E-state index contributed by atoms with van der Waals surface area (Å²) in [5.74, 6) is 1.45. The first-order valence-electron chi connectivity index (χ1n) is 6.06. The summed E-state index contributed by atoms with van der Waals surface area (Å²) >= 11 is 0. The molecule has 0 aliphatic carbocycles. The molecule has 18 heavy (non-hydrogen) atoms. The lowest BCUT2D eigenvalue weighted by atomic mass is 10.2. The molecule has 0 saturated carbocycles. The van der Waals surface area contributed by atoms with Crippen LogP contribution in [0.25, 0.3) is 12.2 Å². The molecule has 2 aromatic rings. The normalized spacial score (nSPS) is 11.5. The van der Waals surface area contributed by atoms with Crippen LogP contribution in [-0.4, -0.2) is 14.8 Å². The van der Waals surface area contributed by atoms with Crippen molar-refractivity contribution in [2.75, 3.05) is 5.73 Å². The Bertz CT molecular complexity index is 523. The largest absolute Gasteiger partial charge is 0.399 e. The monoisotopic (exact) mass is 242 g/mol. The van der Waals surface area contributed by atoms with Gasteiger partial charge in [0.2, 0.25) is 0 Å². The maximum absolute atomic E-state index is 5.65. The second-order valence-corrected chi connectivity index (χ2v) is 4.74. The Kier molecular flexibility index (Phi) is 3.77. The Morgan fingerprint density at radius 3 is 2.61 bits per heavy atom. The summed E-state index contributed by atoms with van der Waals surface area (Å²) in [6.45, 7) is 5.27. The van der Waals surface area contributed by atoms with E-state index in [1.165, 1.54) is 0 Å². The van der Waals surface area contributed by atoms with Crippen molar-refractivity contribution in [3.63, 3.8) is 0 Å². The van der Waals surface area contributed by atoms with Crippen LogP contribution in [0.3, 0.4) is 0 Å². The van der Waals surface area contributed by atoms with Crippen molar-refractivity contribution in [1.29, 1.82) is 0 Å². The molecule has 2 N–H and O–H groups in total. The van der Waals surface area contributed by atoms with Gasteiger partial charge in [0.05, 0.1) is 0 Å². The van der Waals surface area contributed by atoms with Crippen molar-refractivity contribution in [2.24, 2.45) is 5.92 Å². The summed E-state index contributed by atoms with van der Waals surface area (Å²) in [4.78, 5) is 0. The van der Waals surface area contributed by atoms with Crippen molar-refractivity contribution < 1.29 is 0 Å². The highest BCUT2D eigenvalue weighted by Crippen LogP contribution is 2.10. The van der Waals surface area contributed by atoms with Gasteiger partial charge in [-0.1, -0.05) is 32.1 Å². The number of rotatable bonds is 4. The summed E-state index contributed by atoms with van der Waals surface area (Å²) in [6, 6.07) is 7.74. The van der Waals surface area contributed by atoms with Gasteiger partial charge in [0.25, 0.3) is 0 Å². The van der Waals surface area contributed by atoms with Gasteiger partial charge in [-0.2, -0.15) is 0 Å². The second kappa shape index (κ2) is 5.49. The molecule has 0 saturated heterocycles. The molecule has 0 spiro atoms. The number of hydrogen-bond acceptors (Lipinski definition) is 3. The van der Waals surface area contributed by atoms with Crippen molar-refractivity contribution in [3.05, 3.63) is 42.0 Å². The van der Waals surface area contributed by atoms with E-state index in [0.717, 1.165) is 23.6 Å². The zero-order valence-electron chi connectivity index (χ0n) is 10.7. The Morgan fingerprint density at radius 2 is 1.94 bits per heavy atom. The SMILES string of the molecule is CC(C)Cn1cnnc1/C=C/c1ccc(N)cc1. The quantitative estimate of drug-likeness (QED) is 0.839. The minimum Gasteiger partial charge on any atom is -0.399 e. The highest BCUT2D eigenvalue weighted by Gasteiger charge is 2.02. The molecule has 0 amide bonds. The fourth-order valence-corrected chi connectivity index (χ4v) is 1.70. The van der Waals surface area contributed by atoms with Crippen molar-refractivity contribution in [3.8, 4) is 0 Å². The number of nitrogens with two attached hydrogens (primary N) is 1. The van der Waals surface area contributed by atoms with Gasteiger partial charge in [-0.3, -0.25) is 0 Å². The molecule has 1 aromatic heterocycles. The first-order valence-corrected chi connectivity index (χ1v) is 6.06. The maximum Gasteiger partial charge on any atom is 0.156 e. The molecule has 0 fully saturated rings. The van der Waals surface area contributed by atoms with E-state index in [1.54, 1.807) is 6.33 Å². The fourth-order valence-electron chi connectivity index (χ4n) is 1.70. The number of hydrogen-bond donors (Lipinski definition) is 1. The van der Waals surface area contributed by atoms with E-state index in [-0.39, 0.29) is 0 Å². The third kappa shape index (κ3) is 3.20. The Morgan fingerprint density at radius 1 is 1.22 bits per heavy atom. The lowest BCUT2D eigenvalue weighted by Gasteiger charge is -2.06. The Balaban J connectivity index is 2.13. The van der Waals surface area contributed by atoms with E-state index in [9.17, 15) is 0 Å². The van der Waals surface area contributed by atoms with E-state index < -0.39 is 0 Å². The topological polar surface area (TPSA) is 56.7 Å². The Hall–Kier alpha value is -2.10. The van der Waals surface area contributed by atoms with Gasteiger partial charge in [0.1, 0.15) is 6.33 Å². The van der Waals surface area contributed by atoms with Gasteiger partial charge in [0.15, 0.2) is 5.82 Å². The minimum atomic E-state index is 0.574. The Labute approximate surface area is 107 Å². The number of nitrogen functional groups attached to an aromatic ring is 1. The molecule has 0 bridgehead atoms. The lowest BCUT2D eigenvalue weighted by Crippen LogP contribution is -2.04. The number of benzene rings is 1. The second-order valence-electron chi connectivity index (χ2n) is 4.74. The van der Waals surface area contributed by atoms with E-state index in [0.29, 0.717) is 5.92 Å². The third-order valence-corrected chi connectivity index (χ3v) is 2.57. The van der Waals surface area contributed by atoms with Gasteiger partial charge in [-0.25, -0.2) is 0 Å². The molecule has 0 aliphatic heterocycles. The van der Waals surface area contributed by atoms with Crippen LogP contribution in [0.5, 0.6) is 0 Å². The van der Waals surface area contributed by atoms with Crippen molar-refractivity contribution in [2.45, 2.75) is 20.4 Å². The summed E-state index contributed by atoms with van der Waals surface area (Å²) < 4.78 is 2.05. The van der Waals surface area contributed by atoms with Crippen LogP contribution < -0.4 is 5.73 Å². The van der Waals surface area contributed by atoms with E-state index in [1.807, 2.05) is 36.4 Å². The highest BCUT2D eigenvalue weighted by molar-refractivity contribution is 5.67. The van der Waals surface area contributed by atoms with E-state index >= 15 is 0 Å². The van der Waals surface area contributed by atoms with Crippen LogP contribution >= 0.6 is 0 Å². The molecule has 4 nitrogen and oxygen atoms in total. The zero-order valence-corrected chi connectivity index (χ0v) is 10.7. The standard InChI is InChI=1S/C14H18N4/c1-11(2)9-18-10-16-17-14(18)8-5-12-3-6-13(15)7-4-12/h3-8,10-11H,9,15H2,1-2H3/b8-5+. The van der Waals surface area contributed by atoms with Crippen molar-refractivity contribution in [1.82, 2.24) is 14.8 Å². The molecule has 0 unspecified atom stereocenters. The summed E-state index contributed by atoms with van der Waals surface area (Å²) in [5.41, 5.74) is 7.52. The molecular formula is C14H18N4. The van der Waals surface area contributed by atoms with Crippen LogP contribution in [0.15, 0.2) is 30.6 Å². The van der Waals surface area contributed by atoms with Gasteiger partial charge in [-0.15, -0.1) is 10.2 Å². The average Bonchev–Trinajstić information content (AvgIpc) is 2.75. The first kappa shape index (κ1) is 12.4.